The van der Waals surface area contributed by atoms with Crippen molar-refractivity contribution >= 4 is 18.3 Å². The highest BCUT2D eigenvalue weighted by Gasteiger charge is 2.21. The standard InChI is InChI=1S/C17H26N2O.ClH/c1-13(2)11-16(14-7-4-3-5-8-14)19-17(20)12-15-9-6-10-18-15;/h3-5,7-8,13,15-16,18H,6,9-12H2,1-2H3,(H,19,20);1H. The van der Waals surface area contributed by atoms with Gasteiger partial charge in [-0.05, 0) is 37.3 Å². The third-order valence-electron chi connectivity index (χ3n) is 3.84. The number of benzene rings is 1. The van der Waals surface area contributed by atoms with E-state index in [1.54, 1.807) is 0 Å². The fourth-order valence-corrected chi connectivity index (χ4v) is 2.84. The largest absolute Gasteiger partial charge is 0.349 e. The second-order valence-electron chi connectivity index (χ2n) is 6.16. The van der Waals surface area contributed by atoms with Crippen LogP contribution in [-0.4, -0.2) is 18.5 Å². The normalized spacial score (nSPS) is 19.1. The molecule has 1 fully saturated rings. The van der Waals surface area contributed by atoms with E-state index in [4.69, 9.17) is 0 Å². The highest BCUT2D eigenvalue weighted by Crippen LogP contribution is 2.21. The fraction of sp³-hybridized carbons (Fsp3) is 0.588. The third kappa shape index (κ3) is 6.06. The number of carbonyl (C=O) groups excluding carboxylic acids is 1. The summed E-state index contributed by atoms with van der Waals surface area (Å²) >= 11 is 0. The molecule has 0 aromatic heterocycles. The zero-order valence-corrected chi connectivity index (χ0v) is 13.8. The van der Waals surface area contributed by atoms with Crippen molar-refractivity contribution < 1.29 is 4.79 Å². The number of nitrogens with one attached hydrogen (secondary N) is 2. The van der Waals surface area contributed by atoms with Crippen LogP contribution in [0.15, 0.2) is 30.3 Å². The first-order chi connectivity index (χ1) is 9.65. The number of rotatable bonds is 6. The lowest BCUT2D eigenvalue weighted by Crippen LogP contribution is -2.34. The molecule has 4 heteroatoms. The van der Waals surface area contributed by atoms with E-state index in [-0.39, 0.29) is 24.4 Å². The Kier molecular flexibility index (Phi) is 7.76. The van der Waals surface area contributed by atoms with E-state index in [9.17, 15) is 4.79 Å². The zero-order valence-electron chi connectivity index (χ0n) is 13.0. The maximum atomic E-state index is 12.2. The molecule has 0 bridgehead atoms. The maximum Gasteiger partial charge on any atom is 0.222 e. The van der Waals surface area contributed by atoms with Crippen LogP contribution in [-0.2, 0) is 4.79 Å². The van der Waals surface area contributed by atoms with Crippen molar-refractivity contribution in [1.82, 2.24) is 10.6 Å². The quantitative estimate of drug-likeness (QED) is 0.845. The Labute approximate surface area is 134 Å². The minimum Gasteiger partial charge on any atom is -0.349 e. The molecule has 1 aromatic carbocycles. The van der Waals surface area contributed by atoms with Gasteiger partial charge in [-0.1, -0.05) is 44.2 Å². The fourth-order valence-electron chi connectivity index (χ4n) is 2.84. The smallest absolute Gasteiger partial charge is 0.222 e. The van der Waals surface area contributed by atoms with Crippen molar-refractivity contribution in [1.29, 1.82) is 0 Å². The lowest BCUT2D eigenvalue weighted by Gasteiger charge is -2.22. The van der Waals surface area contributed by atoms with Crippen molar-refractivity contribution in [3.63, 3.8) is 0 Å². The first-order valence-electron chi connectivity index (χ1n) is 7.73. The average Bonchev–Trinajstić information content (AvgIpc) is 2.91. The van der Waals surface area contributed by atoms with Gasteiger partial charge in [0.25, 0.3) is 0 Å². The van der Waals surface area contributed by atoms with Crippen LogP contribution in [0.2, 0.25) is 0 Å². The van der Waals surface area contributed by atoms with E-state index < -0.39 is 0 Å². The van der Waals surface area contributed by atoms with Crippen LogP contribution in [0.25, 0.3) is 0 Å². The molecule has 0 saturated carbocycles. The van der Waals surface area contributed by atoms with Crippen LogP contribution in [0.3, 0.4) is 0 Å². The highest BCUT2D eigenvalue weighted by atomic mass is 35.5. The Morgan fingerprint density at radius 2 is 2.05 bits per heavy atom. The van der Waals surface area contributed by atoms with Gasteiger partial charge in [-0.3, -0.25) is 4.79 Å². The summed E-state index contributed by atoms with van der Waals surface area (Å²) in [6.45, 7) is 5.44. The van der Waals surface area contributed by atoms with Gasteiger partial charge in [0.1, 0.15) is 0 Å². The van der Waals surface area contributed by atoms with E-state index in [1.165, 1.54) is 12.0 Å². The van der Waals surface area contributed by atoms with Gasteiger partial charge in [0, 0.05) is 12.5 Å². The van der Waals surface area contributed by atoms with Crippen LogP contribution in [0.4, 0.5) is 0 Å². The predicted molar refractivity (Wildman–Crippen MR) is 89.7 cm³/mol. The van der Waals surface area contributed by atoms with E-state index in [1.807, 2.05) is 18.2 Å². The summed E-state index contributed by atoms with van der Waals surface area (Å²) in [6, 6.07) is 10.8. The topological polar surface area (TPSA) is 41.1 Å². The molecule has 0 spiro atoms. The van der Waals surface area contributed by atoms with Crippen LogP contribution in [0.1, 0.15) is 51.1 Å². The molecule has 2 atom stereocenters. The van der Waals surface area contributed by atoms with E-state index in [2.05, 4.69) is 36.6 Å². The summed E-state index contributed by atoms with van der Waals surface area (Å²) in [7, 11) is 0. The molecule has 0 radical (unpaired) electrons. The minimum atomic E-state index is 0. The highest BCUT2D eigenvalue weighted by molar-refractivity contribution is 5.85. The molecule has 3 nitrogen and oxygen atoms in total. The van der Waals surface area contributed by atoms with Crippen LogP contribution < -0.4 is 10.6 Å². The van der Waals surface area contributed by atoms with E-state index >= 15 is 0 Å². The summed E-state index contributed by atoms with van der Waals surface area (Å²) < 4.78 is 0. The summed E-state index contributed by atoms with van der Waals surface area (Å²) in [6.07, 6.45) is 3.88. The van der Waals surface area contributed by atoms with Gasteiger partial charge in [-0.25, -0.2) is 0 Å². The van der Waals surface area contributed by atoms with Gasteiger partial charge in [0.05, 0.1) is 6.04 Å². The number of hydrogen-bond donors (Lipinski definition) is 2. The van der Waals surface area contributed by atoms with Crippen LogP contribution in [0.5, 0.6) is 0 Å². The number of halogens is 1. The molecule has 2 N–H and O–H groups in total. The SMILES string of the molecule is CC(C)CC(NC(=O)CC1CCCN1)c1ccccc1.Cl. The zero-order chi connectivity index (χ0) is 14.4. The van der Waals surface area contributed by atoms with Gasteiger partial charge in [0.15, 0.2) is 0 Å². The summed E-state index contributed by atoms with van der Waals surface area (Å²) in [5.41, 5.74) is 1.20. The molecule has 1 heterocycles. The van der Waals surface area contributed by atoms with E-state index in [0.717, 1.165) is 19.4 Å². The Morgan fingerprint density at radius 3 is 2.62 bits per heavy atom. The predicted octanol–water partition coefficient (Wildman–Crippen LogP) is 3.45. The average molecular weight is 311 g/mol. The molecule has 2 rings (SSSR count). The number of carbonyl (C=O) groups is 1. The second-order valence-corrected chi connectivity index (χ2v) is 6.16. The summed E-state index contributed by atoms with van der Waals surface area (Å²) in [4.78, 5) is 12.2. The third-order valence-corrected chi connectivity index (χ3v) is 3.84. The molecular formula is C17H27ClN2O. The lowest BCUT2D eigenvalue weighted by molar-refractivity contribution is -0.122. The first kappa shape index (κ1) is 18.0. The molecule has 1 aromatic rings. The van der Waals surface area contributed by atoms with Crippen LogP contribution in [0, 0.1) is 5.92 Å². The Balaban J connectivity index is 0.00000220. The maximum absolute atomic E-state index is 12.2. The Morgan fingerprint density at radius 1 is 1.33 bits per heavy atom. The van der Waals surface area contributed by atoms with Gasteiger partial charge in [-0.15, -0.1) is 12.4 Å². The molecule has 2 unspecified atom stereocenters. The molecule has 1 aliphatic heterocycles. The summed E-state index contributed by atoms with van der Waals surface area (Å²) in [5.74, 6) is 0.726. The Hall–Kier alpha value is -1.06. The first-order valence-corrected chi connectivity index (χ1v) is 7.73. The lowest BCUT2D eigenvalue weighted by atomic mass is 9.96. The molecule has 1 saturated heterocycles. The monoisotopic (exact) mass is 310 g/mol. The minimum absolute atomic E-state index is 0. The second kappa shape index (κ2) is 9.06. The van der Waals surface area contributed by atoms with Crippen molar-refractivity contribution in [3.05, 3.63) is 35.9 Å². The molecule has 1 amide bonds. The van der Waals surface area contributed by atoms with E-state index in [0.29, 0.717) is 18.4 Å². The molecule has 1 aliphatic rings. The molecule has 21 heavy (non-hydrogen) atoms. The molecule has 118 valence electrons. The van der Waals surface area contributed by atoms with Gasteiger partial charge >= 0.3 is 0 Å². The van der Waals surface area contributed by atoms with Gasteiger partial charge in [-0.2, -0.15) is 0 Å². The molecular weight excluding hydrogens is 284 g/mol. The van der Waals surface area contributed by atoms with Crippen molar-refractivity contribution in [2.45, 2.75) is 51.6 Å². The van der Waals surface area contributed by atoms with Crippen molar-refractivity contribution in [3.8, 4) is 0 Å². The number of amides is 1. The Bertz CT molecular complexity index is 416. The molecule has 0 aliphatic carbocycles. The van der Waals surface area contributed by atoms with Gasteiger partial charge in [0.2, 0.25) is 5.91 Å². The van der Waals surface area contributed by atoms with Crippen molar-refractivity contribution in [2.75, 3.05) is 6.54 Å². The van der Waals surface area contributed by atoms with Gasteiger partial charge < -0.3 is 10.6 Å². The van der Waals surface area contributed by atoms with Crippen molar-refractivity contribution in [2.24, 2.45) is 5.92 Å². The van der Waals surface area contributed by atoms with Crippen LogP contribution >= 0.6 is 12.4 Å². The number of hydrogen-bond acceptors (Lipinski definition) is 2. The summed E-state index contributed by atoms with van der Waals surface area (Å²) in [5, 5.41) is 6.59.